The first-order valence-corrected chi connectivity index (χ1v) is 11.6. The van der Waals surface area contributed by atoms with Crippen molar-refractivity contribution in [3.63, 3.8) is 0 Å². The summed E-state index contributed by atoms with van der Waals surface area (Å²) in [5.41, 5.74) is 3.05. The van der Waals surface area contributed by atoms with Crippen LogP contribution in [0.25, 0.3) is 21.5 Å². The molecule has 0 bridgehead atoms. The van der Waals surface area contributed by atoms with Crippen LogP contribution in [-0.2, 0) is 11.8 Å². The summed E-state index contributed by atoms with van der Waals surface area (Å²) in [6.07, 6.45) is 7.06. The molecule has 1 atom stereocenters. The van der Waals surface area contributed by atoms with Crippen LogP contribution in [0.3, 0.4) is 0 Å². The third-order valence-electron chi connectivity index (χ3n) is 6.99. The van der Waals surface area contributed by atoms with E-state index >= 15 is 0 Å². The van der Waals surface area contributed by atoms with Crippen LogP contribution in [0.4, 0.5) is 0 Å². The molecule has 0 radical (unpaired) electrons. The highest BCUT2D eigenvalue weighted by Crippen LogP contribution is 2.53. The molecule has 0 amide bonds. The van der Waals surface area contributed by atoms with E-state index in [9.17, 15) is 0 Å². The van der Waals surface area contributed by atoms with Crippen LogP contribution in [0.5, 0.6) is 11.5 Å². The Kier molecular flexibility index (Phi) is 4.16. The first-order chi connectivity index (χ1) is 16.8. The van der Waals surface area contributed by atoms with Crippen LogP contribution in [0.1, 0.15) is 16.7 Å². The van der Waals surface area contributed by atoms with Crippen molar-refractivity contribution >= 4 is 21.5 Å². The molecule has 1 unspecified atom stereocenters. The lowest BCUT2D eigenvalue weighted by atomic mass is 9.68. The van der Waals surface area contributed by atoms with E-state index in [-0.39, 0.29) is 0 Å². The average Bonchev–Trinajstić information content (AvgIpc) is 2.89. The molecule has 0 saturated heterocycles. The Morgan fingerprint density at radius 2 is 1.21 bits per heavy atom. The van der Waals surface area contributed by atoms with Gasteiger partial charge in [-0.05, 0) is 51.4 Å². The van der Waals surface area contributed by atoms with Crippen LogP contribution < -0.4 is 9.47 Å². The zero-order chi connectivity index (χ0) is 22.5. The third kappa shape index (κ3) is 2.82. The minimum Gasteiger partial charge on any atom is -0.465 e. The quantitative estimate of drug-likeness (QED) is 0.281. The van der Waals surface area contributed by atoms with Crippen LogP contribution in [0.15, 0.2) is 127 Å². The van der Waals surface area contributed by atoms with Gasteiger partial charge in [-0.3, -0.25) is 0 Å². The van der Waals surface area contributed by atoms with Crippen LogP contribution in [0.2, 0.25) is 0 Å². The zero-order valence-corrected chi connectivity index (χ0v) is 18.6. The molecule has 5 aromatic rings. The van der Waals surface area contributed by atoms with Gasteiger partial charge in [0.1, 0.15) is 17.3 Å². The Balaban J connectivity index is 1.57. The summed E-state index contributed by atoms with van der Waals surface area (Å²) in [5.74, 6) is 2.73. The van der Waals surface area contributed by atoms with Crippen molar-refractivity contribution in [3.05, 3.63) is 144 Å². The van der Waals surface area contributed by atoms with Gasteiger partial charge in [0.25, 0.3) is 0 Å². The predicted molar refractivity (Wildman–Crippen MR) is 137 cm³/mol. The van der Waals surface area contributed by atoms with Gasteiger partial charge in [0.2, 0.25) is 0 Å². The van der Waals surface area contributed by atoms with Crippen LogP contribution in [0, 0.1) is 0 Å². The molecular formula is C32H22O2. The Hall–Kier alpha value is -4.30. The van der Waals surface area contributed by atoms with E-state index < -0.39 is 5.41 Å². The smallest absolute Gasteiger partial charge is 0.132 e. The molecule has 7 rings (SSSR count). The van der Waals surface area contributed by atoms with Crippen molar-refractivity contribution in [3.8, 4) is 11.5 Å². The van der Waals surface area contributed by atoms with Gasteiger partial charge in [-0.25, -0.2) is 0 Å². The Bertz CT molecular complexity index is 1580. The lowest BCUT2D eigenvalue weighted by molar-refractivity contribution is 0.376. The van der Waals surface area contributed by atoms with E-state index in [1.807, 2.05) is 12.3 Å². The van der Waals surface area contributed by atoms with E-state index in [0.29, 0.717) is 0 Å². The number of benzene rings is 5. The summed E-state index contributed by atoms with van der Waals surface area (Å²) in [7, 11) is 0. The van der Waals surface area contributed by atoms with Gasteiger partial charge in [0, 0.05) is 17.5 Å². The summed E-state index contributed by atoms with van der Waals surface area (Å²) in [6, 6.07) is 36.1. The van der Waals surface area contributed by atoms with Crippen molar-refractivity contribution in [2.45, 2.75) is 11.8 Å². The molecule has 5 aromatic carbocycles. The fourth-order valence-corrected chi connectivity index (χ4v) is 5.55. The number of ether oxygens (including phenoxy) is 2. The first kappa shape index (κ1) is 19.2. The topological polar surface area (TPSA) is 18.5 Å². The second kappa shape index (κ2) is 7.36. The molecule has 2 aliphatic rings. The van der Waals surface area contributed by atoms with Crippen LogP contribution >= 0.6 is 0 Å². The highest BCUT2D eigenvalue weighted by molar-refractivity contribution is 5.96. The van der Waals surface area contributed by atoms with Gasteiger partial charge >= 0.3 is 0 Å². The molecule has 162 valence electrons. The van der Waals surface area contributed by atoms with E-state index in [1.165, 1.54) is 38.2 Å². The molecule has 1 spiro atoms. The van der Waals surface area contributed by atoms with Crippen molar-refractivity contribution in [1.82, 2.24) is 0 Å². The second-order valence-corrected chi connectivity index (χ2v) is 8.98. The monoisotopic (exact) mass is 438 g/mol. The lowest BCUT2D eigenvalue weighted by Gasteiger charge is -2.39. The van der Waals surface area contributed by atoms with E-state index in [2.05, 4.69) is 109 Å². The minimum atomic E-state index is -0.507. The van der Waals surface area contributed by atoms with Crippen LogP contribution in [-0.4, -0.2) is 0 Å². The molecule has 0 aromatic heterocycles. The summed E-state index contributed by atoms with van der Waals surface area (Å²) in [4.78, 5) is 0. The SMILES string of the molecule is C1=CC2(C=C(Cc3ccccc3)Oc3ccc4ccccc4c32)c2c(ccc3ccccc23)O1. The Morgan fingerprint density at radius 1 is 0.588 bits per heavy atom. The highest BCUT2D eigenvalue weighted by Gasteiger charge is 2.43. The maximum absolute atomic E-state index is 6.59. The predicted octanol–water partition coefficient (Wildman–Crippen LogP) is 7.70. The molecule has 2 nitrogen and oxygen atoms in total. The maximum atomic E-state index is 6.59. The number of hydrogen-bond donors (Lipinski definition) is 0. The van der Waals surface area contributed by atoms with Gasteiger partial charge in [0.15, 0.2) is 0 Å². The average molecular weight is 439 g/mol. The van der Waals surface area contributed by atoms with Crippen molar-refractivity contribution in [1.29, 1.82) is 0 Å². The van der Waals surface area contributed by atoms with E-state index in [1.54, 1.807) is 0 Å². The summed E-state index contributed by atoms with van der Waals surface area (Å²) < 4.78 is 12.7. The van der Waals surface area contributed by atoms with Gasteiger partial charge in [-0.15, -0.1) is 0 Å². The normalized spacial score (nSPS) is 18.2. The number of rotatable bonds is 2. The molecule has 2 aliphatic heterocycles. The second-order valence-electron chi connectivity index (χ2n) is 8.98. The first-order valence-electron chi connectivity index (χ1n) is 11.6. The molecule has 0 N–H and O–H groups in total. The fourth-order valence-electron chi connectivity index (χ4n) is 5.55. The molecule has 2 heteroatoms. The maximum Gasteiger partial charge on any atom is 0.132 e. The molecule has 0 aliphatic carbocycles. The molecule has 2 heterocycles. The summed E-state index contributed by atoms with van der Waals surface area (Å²) in [5, 5.41) is 4.79. The number of allylic oxidation sites excluding steroid dienone is 3. The number of hydrogen-bond acceptors (Lipinski definition) is 2. The largest absolute Gasteiger partial charge is 0.465 e. The van der Waals surface area contributed by atoms with Gasteiger partial charge in [0.05, 0.1) is 11.7 Å². The van der Waals surface area contributed by atoms with Gasteiger partial charge < -0.3 is 9.47 Å². The van der Waals surface area contributed by atoms with Crippen molar-refractivity contribution in [2.24, 2.45) is 0 Å². The molecule has 0 fully saturated rings. The lowest BCUT2D eigenvalue weighted by Crippen LogP contribution is -2.31. The third-order valence-corrected chi connectivity index (χ3v) is 6.99. The standard InChI is InChI=1S/C32H22O2/c1-2-8-22(9-3-1)20-25-21-32(31-27-13-7-5-11-24(27)15-17-29(31)34-25)18-19-33-28-16-14-23-10-4-6-12-26(23)30(28)32/h1-19,21H,20H2. The van der Waals surface area contributed by atoms with Gasteiger partial charge in [-0.2, -0.15) is 0 Å². The Morgan fingerprint density at radius 3 is 1.94 bits per heavy atom. The van der Waals surface area contributed by atoms with E-state index in [0.717, 1.165) is 23.7 Å². The molecular weight excluding hydrogens is 416 g/mol. The van der Waals surface area contributed by atoms with Crippen molar-refractivity contribution in [2.75, 3.05) is 0 Å². The Labute approximate surface area is 198 Å². The minimum absolute atomic E-state index is 0.507. The number of fused-ring (bicyclic) bond motifs is 8. The van der Waals surface area contributed by atoms with Crippen molar-refractivity contribution < 1.29 is 9.47 Å². The molecule has 0 saturated carbocycles. The zero-order valence-electron chi connectivity index (χ0n) is 18.6. The fraction of sp³-hybridized carbons (Fsp3) is 0.0625. The highest BCUT2D eigenvalue weighted by atomic mass is 16.5. The van der Waals surface area contributed by atoms with Gasteiger partial charge in [-0.1, -0.05) is 91.0 Å². The summed E-state index contributed by atoms with van der Waals surface area (Å²) >= 11 is 0. The summed E-state index contributed by atoms with van der Waals surface area (Å²) in [6.45, 7) is 0. The molecule has 34 heavy (non-hydrogen) atoms. The van der Waals surface area contributed by atoms with E-state index in [4.69, 9.17) is 9.47 Å².